The van der Waals surface area contributed by atoms with Crippen molar-refractivity contribution in [2.24, 2.45) is 11.5 Å². The highest BCUT2D eigenvalue weighted by Crippen LogP contribution is 2.25. The van der Waals surface area contributed by atoms with E-state index in [9.17, 15) is 5.11 Å². The lowest BCUT2D eigenvalue weighted by molar-refractivity contribution is -0.459. The van der Waals surface area contributed by atoms with Gasteiger partial charge in [-0.15, -0.1) is 0 Å². The smallest absolute Gasteiger partial charge is 0.338 e. The van der Waals surface area contributed by atoms with Crippen molar-refractivity contribution >= 4 is 16.4 Å². The van der Waals surface area contributed by atoms with Crippen LogP contribution < -0.4 is 31.3 Å². The van der Waals surface area contributed by atoms with E-state index in [-0.39, 0.29) is 12.6 Å². The van der Waals surface area contributed by atoms with Gasteiger partial charge in [0.15, 0.2) is 11.5 Å². The summed E-state index contributed by atoms with van der Waals surface area (Å²) in [6.07, 6.45) is 0.270. The van der Waals surface area contributed by atoms with E-state index in [0.717, 1.165) is 13.0 Å². The second-order valence-corrected chi connectivity index (χ2v) is 5.84. The molecule has 26 heavy (non-hydrogen) atoms. The normalized spacial score (nSPS) is 11.7. The summed E-state index contributed by atoms with van der Waals surface area (Å²) in [6.45, 7) is 2.11. The van der Waals surface area contributed by atoms with Crippen LogP contribution in [0.4, 0.5) is 0 Å². The number of rotatable bonds is 10. The number of hydrogen-bond donors (Lipinski definition) is 6. The third-order valence-electron chi connectivity index (χ3n) is 2.74. The maximum Gasteiger partial charge on any atom is 0.338 e. The minimum atomic E-state index is -4.92. The molecule has 0 heterocycles. The van der Waals surface area contributed by atoms with Crippen LogP contribution in [0.5, 0.6) is 11.5 Å². The molecule has 8 N–H and O–H groups in total. The Morgan fingerprint density at radius 3 is 2.46 bits per heavy atom. The molecular formula is C14H26N4O7S. The number of benzene rings is 1. The standard InChI is InChI=1S/C14H24N4O3.H2O4S/c1-20-12-5-2-3-6-13(12)21-10-11(19)9-17-7-4-8-18-14(15)16;1-5(2,3)4/h2-3,5-6,11,17,19H,4,7-10H2,1H3,(H4,15,16,18);(H2,1,2,3,4). The second-order valence-electron chi connectivity index (χ2n) is 4.98. The van der Waals surface area contributed by atoms with Gasteiger partial charge >= 0.3 is 5.96 Å². The predicted molar refractivity (Wildman–Crippen MR) is 93.5 cm³/mol. The molecule has 150 valence electrons. The van der Waals surface area contributed by atoms with Crippen LogP contribution in [0.2, 0.25) is 0 Å². The minimum Gasteiger partial charge on any atom is -0.726 e. The SMILES string of the molecule is COc1ccccc1OCC(O)CNCCC[NH+]=C(N)N.O=S(=O)([O-])O. The summed E-state index contributed by atoms with van der Waals surface area (Å²) in [5.74, 6) is 1.50. The van der Waals surface area contributed by atoms with E-state index >= 15 is 0 Å². The number of methoxy groups -OCH3 is 1. The number of aliphatic hydroxyl groups excluding tert-OH is 1. The molecule has 0 saturated carbocycles. The zero-order valence-electron chi connectivity index (χ0n) is 14.4. The number of nitrogens with two attached hydrogens (primary N) is 2. The van der Waals surface area contributed by atoms with Crippen molar-refractivity contribution < 1.29 is 37.1 Å². The predicted octanol–water partition coefficient (Wildman–Crippen LogP) is -3.23. The molecule has 0 aliphatic heterocycles. The van der Waals surface area contributed by atoms with Gasteiger partial charge in [-0.25, -0.2) is 8.42 Å². The first-order valence-electron chi connectivity index (χ1n) is 7.58. The van der Waals surface area contributed by atoms with Crippen molar-refractivity contribution in [3.05, 3.63) is 24.3 Å². The maximum atomic E-state index is 9.83. The Morgan fingerprint density at radius 1 is 1.35 bits per heavy atom. The number of guanidine groups is 1. The van der Waals surface area contributed by atoms with Gasteiger partial charge in [0.05, 0.1) is 13.7 Å². The van der Waals surface area contributed by atoms with Gasteiger partial charge in [0.1, 0.15) is 12.7 Å². The van der Waals surface area contributed by atoms with Gasteiger partial charge in [-0.05, 0) is 25.1 Å². The van der Waals surface area contributed by atoms with Crippen molar-refractivity contribution in [1.29, 1.82) is 0 Å². The molecule has 0 aliphatic carbocycles. The summed E-state index contributed by atoms with van der Waals surface area (Å²) in [5.41, 5.74) is 10.5. The Balaban J connectivity index is 0.00000110. The molecule has 0 spiro atoms. The largest absolute Gasteiger partial charge is 0.726 e. The molecule has 0 radical (unpaired) electrons. The zero-order chi connectivity index (χ0) is 20.0. The summed E-state index contributed by atoms with van der Waals surface area (Å²) in [6, 6.07) is 7.34. The molecule has 0 saturated heterocycles. The van der Waals surface area contributed by atoms with Gasteiger partial charge in [-0.3, -0.25) is 21.0 Å². The quantitative estimate of drug-likeness (QED) is 0.0772. The molecule has 1 rings (SSSR count). The summed E-state index contributed by atoms with van der Waals surface area (Å²) < 4.78 is 43.5. The van der Waals surface area contributed by atoms with Gasteiger partial charge in [0, 0.05) is 6.54 Å². The van der Waals surface area contributed by atoms with Crippen molar-refractivity contribution in [2.75, 3.05) is 33.4 Å². The van der Waals surface area contributed by atoms with Crippen molar-refractivity contribution in [2.45, 2.75) is 12.5 Å². The van der Waals surface area contributed by atoms with Crippen LogP contribution in [0, 0.1) is 0 Å². The van der Waals surface area contributed by atoms with Crippen LogP contribution in [0.15, 0.2) is 24.3 Å². The number of nitrogens with one attached hydrogen (secondary N) is 2. The van der Waals surface area contributed by atoms with Gasteiger partial charge in [-0.1, -0.05) is 12.1 Å². The molecule has 1 unspecified atom stereocenters. The Hall–Kier alpha value is -2.12. The Labute approximate surface area is 152 Å². The number of aliphatic hydroxyl groups is 1. The highest BCUT2D eigenvalue weighted by molar-refractivity contribution is 7.79. The zero-order valence-corrected chi connectivity index (χ0v) is 15.2. The minimum absolute atomic E-state index is 0.204. The summed E-state index contributed by atoms with van der Waals surface area (Å²) in [7, 11) is -3.33. The first-order valence-corrected chi connectivity index (χ1v) is 8.94. The second kappa shape index (κ2) is 13.1. The molecule has 1 atom stereocenters. The van der Waals surface area contributed by atoms with Crippen LogP contribution in [0.1, 0.15) is 6.42 Å². The van der Waals surface area contributed by atoms with Gasteiger partial charge in [-0.2, -0.15) is 0 Å². The maximum absolute atomic E-state index is 9.83. The van der Waals surface area contributed by atoms with Crippen LogP contribution >= 0.6 is 0 Å². The van der Waals surface area contributed by atoms with Crippen molar-refractivity contribution in [3.63, 3.8) is 0 Å². The molecule has 0 aliphatic rings. The van der Waals surface area contributed by atoms with Crippen LogP contribution in [0.3, 0.4) is 0 Å². The van der Waals surface area contributed by atoms with Crippen molar-refractivity contribution in [3.8, 4) is 11.5 Å². The number of para-hydroxylation sites is 2. The average Bonchev–Trinajstić information content (AvgIpc) is 2.54. The summed E-state index contributed by atoms with van der Waals surface area (Å²) in [5, 5.41) is 13.0. The third-order valence-corrected chi connectivity index (χ3v) is 2.74. The number of ether oxygens (including phenoxy) is 2. The van der Waals surface area contributed by atoms with Gasteiger partial charge < -0.3 is 24.4 Å². The first kappa shape index (κ1) is 23.9. The fourth-order valence-corrected chi connectivity index (χ4v) is 1.70. The molecule has 12 heteroatoms. The molecule has 1 aromatic rings. The van der Waals surface area contributed by atoms with Crippen molar-refractivity contribution in [1.82, 2.24) is 5.32 Å². The molecule has 0 fully saturated rings. The van der Waals surface area contributed by atoms with E-state index in [1.165, 1.54) is 0 Å². The Bertz CT molecular complexity index is 628. The molecular weight excluding hydrogens is 368 g/mol. The van der Waals surface area contributed by atoms with Crippen LogP contribution in [-0.4, -0.2) is 68.0 Å². The molecule has 0 amide bonds. The van der Waals surface area contributed by atoms with Crippen LogP contribution in [0.25, 0.3) is 0 Å². The highest BCUT2D eigenvalue weighted by Gasteiger charge is 2.07. The summed E-state index contributed by atoms with van der Waals surface area (Å²) in [4.78, 5) is 2.82. The van der Waals surface area contributed by atoms with Crippen LogP contribution in [-0.2, 0) is 10.4 Å². The lowest BCUT2D eigenvalue weighted by Gasteiger charge is -2.14. The van der Waals surface area contributed by atoms with E-state index in [2.05, 4.69) is 10.3 Å². The van der Waals surface area contributed by atoms with E-state index in [4.69, 9.17) is 38.5 Å². The Morgan fingerprint density at radius 2 is 1.92 bits per heavy atom. The van der Waals surface area contributed by atoms with E-state index in [0.29, 0.717) is 24.6 Å². The molecule has 1 aromatic carbocycles. The van der Waals surface area contributed by atoms with Gasteiger partial charge in [0.25, 0.3) is 0 Å². The van der Waals surface area contributed by atoms with E-state index in [1.807, 2.05) is 18.2 Å². The summed E-state index contributed by atoms with van der Waals surface area (Å²) >= 11 is 0. The third kappa shape index (κ3) is 15.4. The molecule has 0 aromatic heterocycles. The number of hydrogen-bond acceptors (Lipinski definition) is 7. The molecule has 11 nitrogen and oxygen atoms in total. The fourth-order valence-electron chi connectivity index (χ4n) is 1.70. The molecule has 0 bridgehead atoms. The average molecular weight is 394 g/mol. The topological polar surface area (TPSA) is 194 Å². The van der Waals surface area contributed by atoms with Gasteiger partial charge in [0.2, 0.25) is 10.4 Å². The van der Waals surface area contributed by atoms with E-state index < -0.39 is 16.5 Å². The first-order chi connectivity index (χ1) is 12.1. The van der Waals surface area contributed by atoms with E-state index in [1.54, 1.807) is 13.2 Å². The Kier molecular flexibility index (Phi) is 12.1. The lowest BCUT2D eigenvalue weighted by atomic mass is 10.3. The highest BCUT2D eigenvalue weighted by atomic mass is 32.3. The monoisotopic (exact) mass is 394 g/mol. The lowest BCUT2D eigenvalue weighted by Crippen LogP contribution is -2.78. The fraction of sp³-hybridized carbons (Fsp3) is 0.500.